The first-order chi connectivity index (χ1) is 13.1. The average molecular weight is 381 g/mol. The maximum atomic E-state index is 12.8. The number of nitrogens with two attached hydrogens (primary N) is 1. The SMILES string of the molecule is CC(C)(C)OC(=O)COC(=O)c1ccc2c(c1N)C(=O)c1ccccc1C2=O. The van der Waals surface area contributed by atoms with E-state index in [2.05, 4.69) is 0 Å². The highest BCUT2D eigenvalue weighted by Gasteiger charge is 2.33. The Balaban J connectivity index is 1.88. The Labute approximate surface area is 161 Å². The standard InChI is InChI=1S/C21H19NO6/c1-21(2,3)28-15(23)10-27-20(26)14-9-8-13-16(17(14)22)19(25)12-7-5-4-6-11(12)18(13)24/h4-9H,10,22H2,1-3H3. The summed E-state index contributed by atoms with van der Waals surface area (Å²) in [4.78, 5) is 49.5. The molecule has 0 aromatic heterocycles. The Bertz CT molecular complexity index is 1020. The van der Waals surface area contributed by atoms with Gasteiger partial charge in [-0.05, 0) is 32.9 Å². The van der Waals surface area contributed by atoms with Crippen LogP contribution in [-0.4, -0.2) is 35.7 Å². The van der Waals surface area contributed by atoms with Crippen LogP contribution < -0.4 is 5.73 Å². The van der Waals surface area contributed by atoms with Crippen molar-refractivity contribution in [1.82, 2.24) is 0 Å². The Kier molecular flexibility index (Phi) is 4.77. The van der Waals surface area contributed by atoms with Crippen LogP contribution in [0.2, 0.25) is 0 Å². The lowest BCUT2D eigenvalue weighted by atomic mass is 9.82. The number of ketones is 2. The van der Waals surface area contributed by atoms with Crippen LogP contribution >= 0.6 is 0 Å². The average Bonchev–Trinajstić information content (AvgIpc) is 2.62. The minimum atomic E-state index is -0.884. The zero-order valence-electron chi connectivity index (χ0n) is 15.7. The molecule has 0 fully saturated rings. The van der Waals surface area contributed by atoms with E-state index in [4.69, 9.17) is 15.2 Å². The van der Waals surface area contributed by atoms with E-state index in [0.29, 0.717) is 5.56 Å². The number of hydrogen-bond acceptors (Lipinski definition) is 7. The van der Waals surface area contributed by atoms with Gasteiger partial charge in [0.15, 0.2) is 18.2 Å². The maximum Gasteiger partial charge on any atom is 0.344 e. The Morgan fingerprint density at radius 3 is 2.14 bits per heavy atom. The van der Waals surface area contributed by atoms with Crippen LogP contribution in [0.3, 0.4) is 0 Å². The highest BCUT2D eigenvalue weighted by atomic mass is 16.6. The highest BCUT2D eigenvalue weighted by Crippen LogP contribution is 2.32. The largest absolute Gasteiger partial charge is 0.457 e. The number of anilines is 1. The number of benzene rings is 2. The summed E-state index contributed by atoms with van der Waals surface area (Å²) in [5, 5.41) is 0. The molecular formula is C21H19NO6. The summed E-state index contributed by atoms with van der Waals surface area (Å²) in [6.45, 7) is 4.47. The molecule has 3 rings (SSSR count). The predicted octanol–water partition coefficient (Wildman–Crippen LogP) is 2.54. The van der Waals surface area contributed by atoms with Gasteiger partial charge < -0.3 is 15.2 Å². The molecule has 1 aliphatic carbocycles. The molecule has 0 heterocycles. The van der Waals surface area contributed by atoms with Crippen molar-refractivity contribution < 1.29 is 28.7 Å². The molecule has 2 aromatic carbocycles. The van der Waals surface area contributed by atoms with Gasteiger partial charge in [-0.25, -0.2) is 9.59 Å². The van der Waals surface area contributed by atoms with Crippen molar-refractivity contribution in [1.29, 1.82) is 0 Å². The first kappa shape index (κ1) is 19.3. The fourth-order valence-corrected chi connectivity index (χ4v) is 2.96. The first-order valence-electron chi connectivity index (χ1n) is 8.60. The summed E-state index contributed by atoms with van der Waals surface area (Å²) in [5.41, 5.74) is 5.69. The molecule has 7 heteroatoms. The Morgan fingerprint density at radius 2 is 1.54 bits per heavy atom. The van der Waals surface area contributed by atoms with E-state index >= 15 is 0 Å². The summed E-state index contributed by atoms with van der Waals surface area (Å²) in [7, 11) is 0. The van der Waals surface area contributed by atoms with Crippen molar-refractivity contribution in [2.75, 3.05) is 12.3 Å². The number of nitrogen functional groups attached to an aromatic ring is 1. The zero-order chi connectivity index (χ0) is 20.6. The van der Waals surface area contributed by atoms with Crippen LogP contribution in [-0.2, 0) is 14.3 Å². The molecule has 0 saturated carbocycles. The van der Waals surface area contributed by atoms with Gasteiger partial charge in [0.25, 0.3) is 0 Å². The number of fused-ring (bicyclic) bond motifs is 2. The van der Waals surface area contributed by atoms with E-state index in [9.17, 15) is 19.2 Å². The van der Waals surface area contributed by atoms with Crippen LogP contribution in [0.1, 0.15) is 63.0 Å². The Hall–Kier alpha value is -3.48. The molecule has 0 spiro atoms. The van der Waals surface area contributed by atoms with Gasteiger partial charge >= 0.3 is 11.9 Å². The van der Waals surface area contributed by atoms with Crippen LogP contribution in [0, 0.1) is 0 Å². The monoisotopic (exact) mass is 381 g/mol. The van der Waals surface area contributed by atoms with E-state index in [1.54, 1.807) is 39.0 Å². The number of carbonyl (C=O) groups excluding carboxylic acids is 4. The summed E-state index contributed by atoms with van der Waals surface area (Å²) < 4.78 is 10.0. The lowest BCUT2D eigenvalue weighted by Gasteiger charge is -2.21. The van der Waals surface area contributed by atoms with Gasteiger partial charge in [-0.15, -0.1) is 0 Å². The molecule has 0 aliphatic heterocycles. The summed E-state index contributed by atoms with van der Waals surface area (Å²) in [5.74, 6) is -2.38. The molecular weight excluding hydrogens is 362 g/mol. The number of esters is 2. The van der Waals surface area contributed by atoms with E-state index in [0.717, 1.165) is 0 Å². The van der Waals surface area contributed by atoms with E-state index in [1.807, 2.05) is 0 Å². The van der Waals surface area contributed by atoms with Gasteiger partial charge in [0, 0.05) is 16.7 Å². The van der Waals surface area contributed by atoms with Gasteiger partial charge in [0.05, 0.1) is 16.8 Å². The second-order valence-corrected chi connectivity index (χ2v) is 7.32. The molecule has 0 radical (unpaired) electrons. The normalized spacial score (nSPS) is 12.8. The minimum Gasteiger partial charge on any atom is -0.457 e. The molecule has 0 saturated heterocycles. The molecule has 0 amide bonds. The smallest absolute Gasteiger partial charge is 0.344 e. The molecule has 2 N–H and O–H groups in total. The Morgan fingerprint density at radius 1 is 0.929 bits per heavy atom. The molecule has 0 atom stereocenters. The van der Waals surface area contributed by atoms with E-state index < -0.39 is 29.9 Å². The molecule has 144 valence electrons. The van der Waals surface area contributed by atoms with Gasteiger partial charge in [-0.3, -0.25) is 9.59 Å². The highest BCUT2D eigenvalue weighted by molar-refractivity contribution is 6.30. The van der Waals surface area contributed by atoms with Crippen molar-refractivity contribution in [2.24, 2.45) is 0 Å². The van der Waals surface area contributed by atoms with Crippen molar-refractivity contribution >= 4 is 29.2 Å². The fraction of sp³-hybridized carbons (Fsp3) is 0.238. The van der Waals surface area contributed by atoms with E-state index in [-0.39, 0.29) is 33.7 Å². The number of rotatable bonds is 3. The second-order valence-electron chi connectivity index (χ2n) is 7.32. The molecule has 0 unspecified atom stereocenters. The van der Waals surface area contributed by atoms with Gasteiger partial charge in [-0.2, -0.15) is 0 Å². The molecule has 1 aliphatic rings. The maximum absolute atomic E-state index is 12.8. The van der Waals surface area contributed by atoms with Crippen LogP contribution in [0.5, 0.6) is 0 Å². The first-order valence-corrected chi connectivity index (χ1v) is 8.60. The van der Waals surface area contributed by atoms with Crippen molar-refractivity contribution in [3.63, 3.8) is 0 Å². The quantitative estimate of drug-likeness (QED) is 0.548. The van der Waals surface area contributed by atoms with Gasteiger partial charge in [0.2, 0.25) is 0 Å². The van der Waals surface area contributed by atoms with Gasteiger partial charge in [-0.1, -0.05) is 24.3 Å². The third kappa shape index (κ3) is 3.51. The van der Waals surface area contributed by atoms with E-state index in [1.165, 1.54) is 18.2 Å². The van der Waals surface area contributed by atoms with Gasteiger partial charge in [0.1, 0.15) is 5.60 Å². The molecule has 7 nitrogen and oxygen atoms in total. The number of carbonyl (C=O) groups is 4. The lowest BCUT2D eigenvalue weighted by Crippen LogP contribution is -2.28. The zero-order valence-corrected chi connectivity index (χ0v) is 15.7. The molecule has 0 bridgehead atoms. The van der Waals surface area contributed by atoms with Crippen LogP contribution in [0.25, 0.3) is 0 Å². The molecule has 2 aromatic rings. The summed E-state index contributed by atoms with van der Waals surface area (Å²) in [6, 6.07) is 9.09. The van der Waals surface area contributed by atoms with Crippen molar-refractivity contribution in [3.05, 3.63) is 64.2 Å². The third-order valence-corrected chi connectivity index (χ3v) is 4.09. The molecule has 28 heavy (non-hydrogen) atoms. The van der Waals surface area contributed by atoms with Crippen LogP contribution in [0.15, 0.2) is 36.4 Å². The third-order valence-electron chi connectivity index (χ3n) is 4.09. The van der Waals surface area contributed by atoms with Crippen LogP contribution in [0.4, 0.5) is 5.69 Å². The van der Waals surface area contributed by atoms with Crippen molar-refractivity contribution in [3.8, 4) is 0 Å². The lowest BCUT2D eigenvalue weighted by molar-refractivity contribution is -0.158. The number of ether oxygens (including phenoxy) is 2. The van der Waals surface area contributed by atoms with Crippen molar-refractivity contribution in [2.45, 2.75) is 26.4 Å². The summed E-state index contributed by atoms with van der Waals surface area (Å²) in [6.07, 6.45) is 0. The topological polar surface area (TPSA) is 113 Å². The second kappa shape index (κ2) is 6.92. The summed E-state index contributed by atoms with van der Waals surface area (Å²) >= 11 is 0. The minimum absolute atomic E-state index is 0.0320. The predicted molar refractivity (Wildman–Crippen MR) is 100 cm³/mol. The number of hydrogen-bond donors (Lipinski definition) is 1. The fourth-order valence-electron chi connectivity index (χ4n) is 2.96.